The normalized spacial score (nSPS) is 11.2. The Bertz CT molecular complexity index is 879. The van der Waals surface area contributed by atoms with Gasteiger partial charge in [0.2, 0.25) is 0 Å². The van der Waals surface area contributed by atoms with Crippen molar-refractivity contribution in [2.45, 2.75) is 13.8 Å². The molecule has 3 nitrogen and oxygen atoms in total. The van der Waals surface area contributed by atoms with Crippen molar-refractivity contribution in [2.24, 2.45) is 4.99 Å². The van der Waals surface area contributed by atoms with Gasteiger partial charge in [0, 0.05) is 33.3 Å². The maximum atomic E-state index is 5.35. The van der Waals surface area contributed by atoms with Crippen LogP contribution in [0, 0.1) is 13.8 Å². The maximum Gasteiger partial charge on any atom is 0.144 e. The summed E-state index contributed by atoms with van der Waals surface area (Å²) in [6.45, 7) is 4.22. The maximum absolute atomic E-state index is 5.35. The Balaban J connectivity index is 1.97. The molecule has 0 saturated heterocycles. The summed E-state index contributed by atoms with van der Waals surface area (Å²) < 4.78 is 8.66. The van der Waals surface area contributed by atoms with Crippen LogP contribution in [0.4, 0.5) is 5.69 Å². The quantitative estimate of drug-likeness (QED) is 0.538. The molecule has 3 rings (SSSR count). The van der Waals surface area contributed by atoms with Gasteiger partial charge in [-0.25, -0.2) is 0 Å². The van der Waals surface area contributed by atoms with Gasteiger partial charge in [-0.3, -0.25) is 4.99 Å². The van der Waals surface area contributed by atoms with Crippen LogP contribution in [0.3, 0.4) is 0 Å². The Labute approximate surface area is 150 Å². The summed E-state index contributed by atoms with van der Waals surface area (Å²) in [5.74, 6) is 0.774. The molecule has 0 aliphatic rings. The highest BCUT2D eigenvalue weighted by molar-refractivity contribution is 9.10. The largest absolute Gasteiger partial charge is 0.494 e. The number of aryl methyl sites for hydroxylation is 1. The number of ether oxygens (including phenoxy) is 1. The lowest BCUT2D eigenvalue weighted by molar-refractivity contribution is 0.416. The lowest BCUT2D eigenvalue weighted by Gasteiger charge is -2.09. The van der Waals surface area contributed by atoms with E-state index in [0.29, 0.717) is 0 Å². The molecule has 0 amide bonds. The SMILES string of the molecule is COc1ccccc1N=Cc1cc(C)n(-c2ccc(Br)cc2)c1C. The molecule has 1 aromatic heterocycles. The van der Waals surface area contributed by atoms with Crippen LogP contribution in [-0.4, -0.2) is 17.9 Å². The summed E-state index contributed by atoms with van der Waals surface area (Å²) in [5, 5.41) is 0. The average molecular weight is 383 g/mol. The van der Waals surface area contributed by atoms with Crippen molar-refractivity contribution in [3.8, 4) is 11.4 Å². The van der Waals surface area contributed by atoms with Crippen molar-refractivity contribution >= 4 is 27.8 Å². The lowest BCUT2D eigenvalue weighted by Crippen LogP contribution is -1.99. The van der Waals surface area contributed by atoms with Crippen molar-refractivity contribution in [1.29, 1.82) is 0 Å². The van der Waals surface area contributed by atoms with E-state index in [2.05, 4.69) is 69.7 Å². The van der Waals surface area contributed by atoms with Gasteiger partial charge < -0.3 is 9.30 Å². The minimum atomic E-state index is 0.774. The second-order valence-electron chi connectivity index (χ2n) is 5.57. The smallest absolute Gasteiger partial charge is 0.144 e. The summed E-state index contributed by atoms with van der Waals surface area (Å²) >= 11 is 3.48. The first-order valence-corrected chi connectivity index (χ1v) is 8.51. The van der Waals surface area contributed by atoms with Gasteiger partial charge in [0.1, 0.15) is 11.4 Å². The van der Waals surface area contributed by atoms with Crippen molar-refractivity contribution < 1.29 is 4.74 Å². The summed E-state index contributed by atoms with van der Waals surface area (Å²) in [6, 6.07) is 18.2. The third-order valence-electron chi connectivity index (χ3n) is 3.98. The first-order chi connectivity index (χ1) is 11.6. The van der Waals surface area contributed by atoms with Gasteiger partial charge >= 0.3 is 0 Å². The number of methoxy groups -OCH3 is 1. The Kier molecular flexibility index (Phi) is 4.86. The zero-order valence-corrected chi connectivity index (χ0v) is 15.5. The summed E-state index contributed by atoms with van der Waals surface area (Å²) in [7, 11) is 1.66. The molecule has 0 fully saturated rings. The van der Waals surface area contributed by atoms with E-state index in [1.165, 1.54) is 5.69 Å². The Morgan fingerprint density at radius 2 is 1.75 bits per heavy atom. The van der Waals surface area contributed by atoms with Gasteiger partial charge in [0.05, 0.1) is 7.11 Å². The minimum absolute atomic E-state index is 0.774. The number of hydrogen-bond donors (Lipinski definition) is 0. The van der Waals surface area contributed by atoms with E-state index in [1.807, 2.05) is 30.5 Å². The molecule has 122 valence electrons. The van der Waals surface area contributed by atoms with E-state index in [0.717, 1.165) is 32.9 Å². The minimum Gasteiger partial charge on any atom is -0.494 e. The predicted molar refractivity (Wildman–Crippen MR) is 103 cm³/mol. The number of hydrogen-bond acceptors (Lipinski definition) is 2. The van der Waals surface area contributed by atoms with Crippen LogP contribution in [-0.2, 0) is 0 Å². The highest BCUT2D eigenvalue weighted by atomic mass is 79.9. The van der Waals surface area contributed by atoms with Gasteiger partial charge in [0.25, 0.3) is 0 Å². The van der Waals surface area contributed by atoms with Crippen LogP contribution >= 0.6 is 15.9 Å². The molecule has 24 heavy (non-hydrogen) atoms. The monoisotopic (exact) mass is 382 g/mol. The Morgan fingerprint density at radius 1 is 1.04 bits per heavy atom. The molecule has 0 bridgehead atoms. The molecule has 1 heterocycles. The van der Waals surface area contributed by atoms with Gasteiger partial charge in [-0.05, 0) is 56.3 Å². The van der Waals surface area contributed by atoms with E-state index in [1.54, 1.807) is 7.11 Å². The van der Waals surface area contributed by atoms with Crippen LogP contribution in [0.5, 0.6) is 5.75 Å². The van der Waals surface area contributed by atoms with Crippen LogP contribution in [0.15, 0.2) is 64.1 Å². The Morgan fingerprint density at radius 3 is 2.46 bits per heavy atom. The first-order valence-electron chi connectivity index (χ1n) is 7.72. The number of rotatable bonds is 4. The fourth-order valence-corrected chi connectivity index (χ4v) is 3.05. The second kappa shape index (κ2) is 7.05. The van der Waals surface area contributed by atoms with E-state index in [-0.39, 0.29) is 0 Å². The van der Waals surface area contributed by atoms with Crippen LogP contribution in [0.25, 0.3) is 5.69 Å². The standard InChI is InChI=1S/C20H19BrN2O/c1-14-12-16(13-22-19-6-4-5-7-20(19)24-3)15(2)23(14)18-10-8-17(21)9-11-18/h4-13H,1-3H3. The highest BCUT2D eigenvalue weighted by Crippen LogP contribution is 2.27. The lowest BCUT2D eigenvalue weighted by atomic mass is 10.2. The third-order valence-corrected chi connectivity index (χ3v) is 4.51. The molecule has 2 aromatic carbocycles. The molecular weight excluding hydrogens is 364 g/mol. The van der Waals surface area contributed by atoms with Crippen LogP contribution in [0.1, 0.15) is 17.0 Å². The zero-order valence-electron chi connectivity index (χ0n) is 14.0. The molecule has 3 aromatic rings. The molecule has 0 aliphatic carbocycles. The molecule has 4 heteroatoms. The molecule has 0 unspecified atom stereocenters. The number of aliphatic imine (C=N–C) groups is 1. The molecule has 0 atom stereocenters. The number of para-hydroxylation sites is 2. The molecule has 0 N–H and O–H groups in total. The molecule has 0 spiro atoms. The number of nitrogens with zero attached hydrogens (tertiary/aromatic N) is 2. The highest BCUT2D eigenvalue weighted by Gasteiger charge is 2.09. The summed E-state index contributed by atoms with van der Waals surface area (Å²) in [4.78, 5) is 4.60. The van der Waals surface area contributed by atoms with E-state index in [4.69, 9.17) is 4.74 Å². The predicted octanol–water partition coefficient (Wildman–Crippen LogP) is 5.62. The van der Waals surface area contributed by atoms with Gasteiger partial charge in [-0.1, -0.05) is 28.1 Å². The van der Waals surface area contributed by atoms with Crippen molar-refractivity contribution in [2.75, 3.05) is 7.11 Å². The van der Waals surface area contributed by atoms with Crippen LogP contribution in [0.2, 0.25) is 0 Å². The van der Waals surface area contributed by atoms with E-state index in [9.17, 15) is 0 Å². The van der Waals surface area contributed by atoms with Gasteiger partial charge in [-0.15, -0.1) is 0 Å². The zero-order chi connectivity index (χ0) is 17.1. The van der Waals surface area contributed by atoms with Crippen molar-refractivity contribution in [3.05, 3.63) is 76.0 Å². The second-order valence-corrected chi connectivity index (χ2v) is 6.48. The summed E-state index contributed by atoms with van der Waals surface area (Å²) in [5.41, 5.74) is 5.41. The molecule has 0 radical (unpaired) electrons. The third kappa shape index (κ3) is 3.29. The molecular formula is C20H19BrN2O. The first kappa shape index (κ1) is 16.5. The van der Waals surface area contributed by atoms with Crippen molar-refractivity contribution in [3.63, 3.8) is 0 Å². The fraction of sp³-hybridized carbons (Fsp3) is 0.150. The number of benzene rings is 2. The average Bonchev–Trinajstić information content (AvgIpc) is 2.88. The van der Waals surface area contributed by atoms with E-state index >= 15 is 0 Å². The van der Waals surface area contributed by atoms with Crippen LogP contribution < -0.4 is 4.74 Å². The van der Waals surface area contributed by atoms with Gasteiger partial charge in [0.15, 0.2) is 0 Å². The number of aromatic nitrogens is 1. The fourth-order valence-electron chi connectivity index (χ4n) is 2.78. The topological polar surface area (TPSA) is 26.5 Å². The Hall–Kier alpha value is -2.33. The summed E-state index contributed by atoms with van der Waals surface area (Å²) in [6.07, 6.45) is 1.90. The van der Waals surface area contributed by atoms with E-state index < -0.39 is 0 Å². The molecule has 0 saturated carbocycles. The van der Waals surface area contributed by atoms with Crippen molar-refractivity contribution in [1.82, 2.24) is 4.57 Å². The number of halogens is 1. The van der Waals surface area contributed by atoms with Gasteiger partial charge in [-0.2, -0.15) is 0 Å². The molecule has 0 aliphatic heterocycles.